The first kappa shape index (κ1) is 13.5. The Labute approximate surface area is 115 Å². The third-order valence-corrected chi connectivity index (χ3v) is 4.05. The highest BCUT2D eigenvalue weighted by molar-refractivity contribution is 9.10. The van der Waals surface area contributed by atoms with Gasteiger partial charge in [0.25, 0.3) is 5.91 Å². The van der Waals surface area contributed by atoms with Crippen LogP contribution in [0, 0.1) is 5.92 Å². The van der Waals surface area contributed by atoms with Crippen molar-refractivity contribution in [1.29, 1.82) is 0 Å². The first-order chi connectivity index (χ1) is 8.50. The van der Waals surface area contributed by atoms with Crippen molar-refractivity contribution in [3.63, 3.8) is 0 Å². The van der Waals surface area contributed by atoms with Gasteiger partial charge in [0, 0.05) is 12.6 Å². The molecular weight excluding hydrogens is 296 g/mol. The number of rotatable bonds is 5. The molecule has 2 rings (SSSR count). The third kappa shape index (κ3) is 2.92. The molecule has 1 heterocycles. The predicted octanol–water partition coefficient (Wildman–Crippen LogP) is 1.76. The Bertz CT molecular complexity index is 439. The highest BCUT2D eigenvalue weighted by Gasteiger charge is 2.29. The lowest BCUT2D eigenvalue weighted by Gasteiger charge is -2.10. The van der Waals surface area contributed by atoms with Crippen LogP contribution in [0.15, 0.2) is 4.47 Å². The highest BCUT2D eigenvalue weighted by Crippen LogP contribution is 2.31. The summed E-state index contributed by atoms with van der Waals surface area (Å²) in [6.45, 7) is 4.60. The molecule has 4 N–H and O–H groups in total. The van der Waals surface area contributed by atoms with Gasteiger partial charge in [0.2, 0.25) is 0 Å². The maximum Gasteiger partial charge on any atom is 0.273 e. The summed E-state index contributed by atoms with van der Waals surface area (Å²) in [5, 5.41) is 9.78. The van der Waals surface area contributed by atoms with E-state index in [0.29, 0.717) is 24.1 Å². The normalized spacial score (nSPS) is 16.9. The smallest absolute Gasteiger partial charge is 0.273 e. The van der Waals surface area contributed by atoms with Gasteiger partial charge in [-0.1, -0.05) is 13.8 Å². The van der Waals surface area contributed by atoms with E-state index in [1.54, 1.807) is 0 Å². The van der Waals surface area contributed by atoms with E-state index >= 15 is 0 Å². The molecule has 0 aromatic carbocycles. The average molecular weight is 315 g/mol. The quantitative estimate of drug-likeness (QED) is 0.774. The number of carbonyl (C=O) groups is 1. The summed E-state index contributed by atoms with van der Waals surface area (Å²) in [7, 11) is 0. The molecule has 6 heteroatoms. The van der Waals surface area contributed by atoms with Gasteiger partial charge in [-0.15, -0.1) is 0 Å². The minimum atomic E-state index is -0.180. The van der Waals surface area contributed by atoms with E-state index in [1.807, 2.05) is 13.8 Å². The molecule has 1 saturated carbocycles. The van der Waals surface area contributed by atoms with E-state index in [0.717, 1.165) is 10.2 Å². The van der Waals surface area contributed by atoms with Crippen LogP contribution in [0.3, 0.4) is 0 Å². The van der Waals surface area contributed by atoms with E-state index in [-0.39, 0.29) is 11.9 Å². The average Bonchev–Trinajstić information content (AvgIpc) is 3.09. The van der Waals surface area contributed by atoms with E-state index < -0.39 is 0 Å². The number of halogens is 1. The summed E-state index contributed by atoms with van der Waals surface area (Å²) in [5.74, 6) is 0.697. The molecule has 1 aromatic heterocycles. The van der Waals surface area contributed by atoms with E-state index in [1.165, 1.54) is 12.8 Å². The van der Waals surface area contributed by atoms with Gasteiger partial charge in [-0.25, -0.2) is 0 Å². The number of hydrogen-bond donors (Lipinski definition) is 3. The lowest BCUT2D eigenvalue weighted by Crippen LogP contribution is -2.38. The number of nitrogens with one attached hydrogen (secondary N) is 2. The maximum absolute atomic E-state index is 12.0. The number of hydrogen-bond acceptors (Lipinski definition) is 3. The molecule has 1 fully saturated rings. The van der Waals surface area contributed by atoms with Gasteiger partial charge in [-0.05, 0) is 40.6 Å². The molecule has 18 heavy (non-hydrogen) atoms. The summed E-state index contributed by atoms with van der Waals surface area (Å²) in [4.78, 5) is 12.0. The molecule has 1 aliphatic rings. The number of nitrogens with two attached hydrogens (primary N) is 1. The first-order valence-electron chi connectivity index (χ1n) is 6.28. The molecule has 100 valence electrons. The Balaban J connectivity index is 1.95. The van der Waals surface area contributed by atoms with Crippen LogP contribution in [0.4, 0.5) is 0 Å². The molecule has 0 bridgehead atoms. The predicted molar refractivity (Wildman–Crippen MR) is 73.4 cm³/mol. The Morgan fingerprint density at radius 2 is 2.28 bits per heavy atom. The lowest BCUT2D eigenvalue weighted by atomic mass is 10.1. The molecule has 0 aliphatic heterocycles. The fourth-order valence-electron chi connectivity index (χ4n) is 1.86. The molecule has 0 saturated heterocycles. The van der Waals surface area contributed by atoms with E-state index in [4.69, 9.17) is 5.73 Å². The van der Waals surface area contributed by atoms with Crippen LogP contribution in [-0.2, 0) is 0 Å². The van der Waals surface area contributed by atoms with Crippen molar-refractivity contribution in [2.24, 2.45) is 11.7 Å². The monoisotopic (exact) mass is 314 g/mol. The van der Waals surface area contributed by atoms with Crippen molar-refractivity contribution in [3.05, 3.63) is 15.9 Å². The van der Waals surface area contributed by atoms with Crippen LogP contribution in [0.25, 0.3) is 0 Å². The maximum atomic E-state index is 12.0. The van der Waals surface area contributed by atoms with Gasteiger partial charge < -0.3 is 11.1 Å². The van der Waals surface area contributed by atoms with Crippen LogP contribution >= 0.6 is 15.9 Å². The van der Waals surface area contributed by atoms with Crippen LogP contribution in [0.1, 0.15) is 48.8 Å². The largest absolute Gasteiger partial charge is 0.349 e. The van der Waals surface area contributed by atoms with Crippen molar-refractivity contribution in [3.8, 4) is 0 Å². The van der Waals surface area contributed by atoms with Gasteiger partial charge in [-0.2, -0.15) is 5.10 Å². The SMILES string of the molecule is CC(C)c1[nH]nc(C(=O)NCC(N)C2CC2)c1Br. The van der Waals surface area contributed by atoms with Crippen molar-refractivity contribution in [1.82, 2.24) is 15.5 Å². The minimum Gasteiger partial charge on any atom is -0.349 e. The Kier molecular flexibility index (Phi) is 4.07. The molecule has 0 spiro atoms. The Morgan fingerprint density at radius 3 is 2.78 bits per heavy atom. The van der Waals surface area contributed by atoms with E-state index in [2.05, 4.69) is 31.4 Å². The molecule has 1 aliphatic carbocycles. The zero-order valence-electron chi connectivity index (χ0n) is 10.7. The zero-order chi connectivity index (χ0) is 13.3. The number of aromatic nitrogens is 2. The fourth-order valence-corrected chi connectivity index (χ4v) is 2.68. The summed E-state index contributed by atoms with van der Waals surface area (Å²) in [6.07, 6.45) is 2.36. The fraction of sp³-hybridized carbons (Fsp3) is 0.667. The summed E-state index contributed by atoms with van der Waals surface area (Å²) >= 11 is 3.41. The number of H-pyrrole nitrogens is 1. The molecular formula is C12H19BrN4O. The molecule has 1 aromatic rings. The number of nitrogens with zero attached hydrogens (tertiary/aromatic N) is 1. The number of aromatic amines is 1. The van der Waals surface area contributed by atoms with E-state index in [9.17, 15) is 4.79 Å². The second-order valence-electron chi connectivity index (χ2n) is 5.17. The molecule has 0 radical (unpaired) electrons. The molecule has 1 atom stereocenters. The van der Waals surface area contributed by atoms with Crippen LogP contribution in [0.5, 0.6) is 0 Å². The molecule has 1 unspecified atom stereocenters. The van der Waals surface area contributed by atoms with Crippen molar-refractivity contribution >= 4 is 21.8 Å². The number of amides is 1. The second kappa shape index (κ2) is 5.40. The minimum absolute atomic E-state index is 0.0660. The van der Waals surface area contributed by atoms with Crippen LogP contribution in [-0.4, -0.2) is 28.7 Å². The Hall–Kier alpha value is -0.880. The van der Waals surface area contributed by atoms with Gasteiger partial charge in [0.05, 0.1) is 10.2 Å². The summed E-state index contributed by atoms with van der Waals surface area (Å²) in [5.41, 5.74) is 7.28. The van der Waals surface area contributed by atoms with Gasteiger partial charge >= 0.3 is 0 Å². The molecule has 1 amide bonds. The van der Waals surface area contributed by atoms with Crippen LogP contribution < -0.4 is 11.1 Å². The van der Waals surface area contributed by atoms with Crippen molar-refractivity contribution in [2.45, 2.75) is 38.6 Å². The second-order valence-corrected chi connectivity index (χ2v) is 5.96. The van der Waals surface area contributed by atoms with Gasteiger partial charge in [0.15, 0.2) is 5.69 Å². The van der Waals surface area contributed by atoms with Gasteiger partial charge in [-0.3, -0.25) is 9.89 Å². The molecule has 5 nitrogen and oxygen atoms in total. The first-order valence-corrected chi connectivity index (χ1v) is 7.07. The van der Waals surface area contributed by atoms with Crippen molar-refractivity contribution in [2.75, 3.05) is 6.54 Å². The third-order valence-electron chi connectivity index (χ3n) is 3.25. The highest BCUT2D eigenvalue weighted by atomic mass is 79.9. The van der Waals surface area contributed by atoms with Crippen molar-refractivity contribution < 1.29 is 4.79 Å². The van der Waals surface area contributed by atoms with Crippen LogP contribution in [0.2, 0.25) is 0 Å². The lowest BCUT2D eigenvalue weighted by molar-refractivity contribution is 0.0944. The standard InChI is InChI=1S/C12H19BrN4O/c1-6(2)10-9(13)11(17-16-10)12(18)15-5-8(14)7-3-4-7/h6-8H,3-5,14H2,1-2H3,(H,15,18)(H,16,17). The summed E-state index contributed by atoms with van der Waals surface area (Å²) in [6, 6.07) is 0.0660. The topological polar surface area (TPSA) is 83.8 Å². The zero-order valence-corrected chi connectivity index (χ0v) is 12.3. The number of carbonyl (C=O) groups excluding carboxylic acids is 1. The Morgan fingerprint density at radius 1 is 1.61 bits per heavy atom. The summed E-state index contributed by atoms with van der Waals surface area (Å²) < 4.78 is 0.745. The van der Waals surface area contributed by atoms with Gasteiger partial charge in [0.1, 0.15) is 0 Å².